The first kappa shape index (κ1) is 35.4. The molecule has 0 fully saturated rings. The number of ether oxygens (including phenoxy) is 8. The van der Waals surface area contributed by atoms with Gasteiger partial charge in [-0.25, -0.2) is 9.97 Å². The van der Waals surface area contributed by atoms with E-state index in [1.807, 2.05) is 72.8 Å². The van der Waals surface area contributed by atoms with Crippen molar-refractivity contribution in [2.45, 2.75) is 0 Å². The highest BCUT2D eigenvalue weighted by molar-refractivity contribution is 6.04. The van der Waals surface area contributed by atoms with Crippen LogP contribution in [0.4, 0.5) is 0 Å². The molecule has 50 heavy (non-hydrogen) atoms. The average molecular weight is 681 g/mol. The summed E-state index contributed by atoms with van der Waals surface area (Å²) < 4.78 is 45.3. The van der Waals surface area contributed by atoms with Gasteiger partial charge >= 0.3 is 0 Å². The quantitative estimate of drug-likeness (QED) is 0.132. The smallest absolute Gasteiger partial charge is 0.119 e. The van der Waals surface area contributed by atoms with Gasteiger partial charge < -0.3 is 37.9 Å². The summed E-state index contributed by atoms with van der Waals surface area (Å²) in [4.78, 5) is 10.1. The van der Waals surface area contributed by atoms with Crippen LogP contribution in [-0.2, 0) is 28.4 Å². The lowest BCUT2D eigenvalue weighted by molar-refractivity contribution is 0.0123. The second kappa shape index (κ2) is 19.7. The lowest BCUT2D eigenvalue weighted by Gasteiger charge is -2.10. The molecule has 8 bridgehead atoms. The van der Waals surface area contributed by atoms with E-state index in [2.05, 4.69) is 24.3 Å². The van der Waals surface area contributed by atoms with Gasteiger partial charge in [-0.1, -0.05) is 36.4 Å². The van der Waals surface area contributed by atoms with Crippen molar-refractivity contribution in [3.05, 3.63) is 97.1 Å². The summed E-state index contributed by atoms with van der Waals surface area (Å²) in [5.74, 6) is 1.55. The van der Waals surface area contributed by atoms with Crippen LogP contribution in [0.5, 0.6) is 11.5 Å². The van der Waals surface area contributed by atoms with Crippen LogP contribution in [0.2, 0.25) is 0 Å². The fraction of sp³-hybridized carbons (Fsp3) is 0.350. The summed E-state index contributed by atoms with van der Waals surface area (Å²) in [6.45, 7) is 6.92. The van der Waals surface area contributed by atoms with Gasteiger partial charge in [-0.2, -0.15) is 0 Å². The van der Waals surface area contributed by atoms with Crippen LogP contribution in [0.25, 0.3) is 44.3 Å². The zero-order valence-electron chi connectivity index (χ0n) is 28.3. The monoisotopic (exact) mass is 680 g/mol. The summed E-state index contributed by atoms with van der Waals surface area (Å²) in [5, 5.41) is 2.07. The van der Waals surface area contributed by atoms with E-state index in [1.54, 1.807) is 0 Å². The maximum Gasteiger partial charge on any atom is 0.119 e. The van der Waals surface area contributed by atoms with Crippen LogP contribution in [-0.4, -0.2) is 102 Å². The third-order valence-corrected chi connectivity index (χ3v) is 7.90. The molecule has 0 atom stereocenters. The molecule has 0 saturated carbocycles. The van der Waals surface area contributed by atoms with Gasteiger partial charge in [-0.05, 0) is 60.7 Å². The van der Waals surface area contributed by atoms with E-state index < -0.39 is 0 Å². The van der Waals surface area contributed by atoms with Crippen LogP contribution in [0.3, 0.4) is 0 Å². The molecular weight excluding hydrogens is 636 g/mol. The highest BCUT2D eigenvalue weighted by Gasteiger charge is 2.10. The number of hydrogen-bond acceptors (Lipinski definition) is 10. The summed E-state index contributed by atoms with van der Waals surface area (Å²) in [7, 11) is 0. The Morgan fingerprint density at radius 3 is 1.08 bits per heavy atom. The molecule has 0 spiro atoms. The standard InChI is InChI=1S/C40H44N2O8/c1-2-18-44-20-22-46-24-26-48-28-30-50-36-13-7-32(8-14-36)38-16-10-34-4-3-33-9-15-37(41-39(33)40(34)42-38)31-5-11-35(12-6-31)49-29-27-47-25-23-45-21-19-43-17-1/h1-16H,17-30H2. The van der Waals surface area contributed by atoms with Crippen LogP contribution in [0.1, 0.15) is 0 Å². The van der Waals surface area contributed by atoms with Crippen LogP contribution >= 0.6 is 0 Å². The Kier molecular flexibility index (Phi) is 13.9. The maximum atomic E-state index is 5.88. The lowest BCUT2D eigenvalue weighted by Crippen LogP contribution is -2.13. The Balaban J connectivity index is 1.10. The Bertz CT molecular complexity index is 1650. The maximum absolute atomic E-state index is 5.88. The van der Waals surface area contributed by atoms with Crippen molar-refractivity contribution in [3.63, 3.8) is 0 Å². The molecule has 5 aromatic rings. The zero-order valence-corrected chi connectivity index (χ0v) is 28.3. The van der Waals surface area contributed by atoms with E-state index >= 15 is 0 Å². The van der Waals surface area contributed by atoms with E-state index in [4.69, 9.17) is 47.9 Å². The molecule has 0 unspecified atom stereocenters. The minimum Gasteiger partial charge on any atom is -0.491 e. The van der Waals surface area contributed by atoms with Gasteiger partial charge in [0.05, 0.1) is 102 Å². The molecule has 0 amide bonds. The van der Waals surface area contributed by atoms with E-state index in [1.165, 1.54) is 0 Å². The van der Waals surface area contributed by atoms with Crippen molar-refractivity contribution in [1.29, 1.82) is 0 Å². The highest BCUT2D eigenvalue weighted by atomic mass is 16.6. The zero-order chi connectivity index (χ0) is 34.1. The fourth-order valence-corrected chi connectivity index (χ4v) is 5.29. The molecule has 3 aromatic carbocycles. The van der Waals surface area contributed by atoms with Gasteiger partial charge in [-0.3, -0.25) is 0 Å². The van der Waals surface area contributed by atoms with E-state index in [-0.39, 0.29) is 0 Å². The fourth-order valence-electron chi connectivity index (χ4n) is 5.29. The first-order valence-electron chi connectivity index (χ1n) is 17.1. The van der Waals surface area contributed by atoms with Crippen LogP contribution in [0.15, 0.2) is 97.1 Å². The molecule has 0 radical (unpaired) electrons. The molecule has 10 nitrogen and oxygen atoms in total. The molecule has 0 aliphatic carbocycles. The van der Waals surface area contributed by atoms with Crippen molar-refractivity contribution < 1.29 is 37.9 Å². The van der Waals surface area contributed by atoms with Gasteiger partial charge in [0.1, 0.15) is 24.7 Å². The molecule has 5 heterocycles. The van der Waals surface area contributed by atoms with Crippen LogP contribution < -0.4 is 9.47 Å². The third kappa shape index (κ3) is 10.8. The SMILES string of the molecule is C1=CCOCCOCCOCCOc2ccc(cc2)-c2ccc3ccc4ccc(nc4c3n2)-c2ccc(cc2)OCCOCCOCCOC1. The summed E-state index contributed by atoms with van der Waals surface area (Å²) in [6, 6.07) is 28.4. The molecule has 0 N–H and O–H groups in total. The van der Waals surface area contributed by atoms with Crippen LogP contribution in [0, 0.1) is 0 Å². The third-order valence-electron chi connectivity index (χ3n) is 7.90. The molecule has 2 aromatic heterocycles. The predicted octanol–water partition coefficient (Wildman–Crippen LogP) is 6.54. The van der Waals surface area contributed by atoms with Gasteiger partial charge in [-0.15, -0.1) is 0 Å². The van der Waals surface area contributed by atoms with Gasteiger partial charge in [0.2, 0.25) is 0 Å². The molecule has 10 heteroatoms. The number of benzene rings is 3. The number of pyridine rings is 2. The van der Waals surface area contributed by atoms with Gasteiger partial charge in [0.15, 0.2) is 0 Å². The Morgan fingerprint density at radius 2 is 0.680 bits per heavy atom. The first-order valence-corrected chi connectivity index (χ1v) is 17.1. The number of fused-ring (bicyclic) bond motifs is 2. The first-order chi connectivity index (χ1) is 24.8. The summed E-state index contributed by atoms with van der Waals surface area (Å²) in [5.41, 5.74) is 5.46. The van der Waals surface area contributed by atoms with Gasteiger partial charge in [0.25, 0.3) is 0 Å². The summed E-state index contributed by atoms with van der Waals surface area (Å²) >= 11 is 0. The van der Waals surface area contributed by atoms with Crippen molar-refractivity contribution in [2.75, 3.05) is 92.5 Å². The Labute approximate surface area is 292 Å². The largest absolute Gasteiger partial charge is 0.491 e. The van der Waals surface area contributed by atoms with E-state index in [9.17, 15) is 0 Å². The van der Waals surface area contributed by atoms with Gasteiger partial charge in [0, 0.05) is 21.9 Å². The molecular formula is C40H44N2O8. The second-order valence-corrected chi connectivity index (χ2v) is 11.4. The number of aromatic nitrogens is 2. The normalized spacial score (nSPS) is 17.0. The van der Waals surface area contributed by atoms with Crippen molar-refractivity contribution in [1.82, 2.24) is 9.97 Å². The number of hydrogen-bond donors (Lipinski definition) is 0. The molecule has 262 valence electrons. The van der Waals surface area contributed by atoms with Crippen molar-refractivity contribution in [3.8, 4) is 34.0 Å². The molecule has 8 rings (SSSR count). The average Bonchev–Trinajstić information content (AvgIpc) is 3.16. The minimum absolute atomic E-state index is 0.449. The Morgan fingerprint density at radius 1 is 0.340 bits per heavy atom. The number of nitrogens with zero attached hydrogens (tertiary/aromatic N) is 2. The highest BCUT2D eigenvalue weighted by Crippen LogP contribution is 2.30. The second-order valence-electron chi connectivity index (χ2n) is 11.4. The summed E-state index contributed by atoms with van der Waals surface area (Å²) in [6.07, 6.45) is 3.87. The van der Waals surface area contributed by atoms with E-state index in [0.717, 1.165) is 55.8 Å². The number of rotatable bonds is 0. The molecule has 0 saturated heterocycles. The topological polar surface area (TPSA) is 99.6 Å². The molecule has 3 aliphatic rings. The lowest BCUT2D eigenvalue weighted by atomic mass is 10.1. The molecule has 3 aliphatic heterocycles. The predicted molar refractivity (Wildman–Crippen MR) is 193 cm³/mol. The van der Waals surface area contributed by atoms with Crippen molar-refractivity contribution >= 4 is 21.8 Å². The van der Waals surface area contributed by atoms with Crippen molar-refractivity contribution in [2.24, 2.45) is 0 Å². The van der Waals surface area contributed by atoms with E-state index in [0.29, 0.717) is 92.5 Å². The minimum atomic E-state index is 0.449. The Hall–Kier alpha value is -4.42.